The number of furan rings is 1. The Hall–Kier alpha value is -1.62. The van der Waals surface area contributed by atoms with Crippen molar-refractivity contribution in [1.82, 2.24) is 0 Å². The van der Waals surface area contributed by atoms with Crippen LogP contribution in [0.1, 0.15) is 25.2 Å². The van der Waals surface area contributed by atoms with Crippen molar-refractivity contribution in [3.8, 4) is 0 Å². The standard InChI is InChI=1S/C16H18O4/c1-15(2)19-11-14(20-15)16(17,13-9-6-10-18-13)12-7-4-3-5-8-12/h3-10,14,17H,11H2,1-2H3/t14-,16-/m1/s1. The molecule has 0 radical (unpaired) electrons. The minimum atomic E-state index is -1.36. The third-order valence-electron chi connectivity index (χ3n) is 3.59. The van der Waals surface area contributed by atoms with Gasteiger partial charge in [0.05, 0.1) is 12.9 Å². The summed E-state index contributed by atoms with van der Waals surface area (Å²) in [5.74, 6) is -0.255. The van der Waals surface area contributed by atoms with E-state index in [1.54, 1.807) is 18.4 Å². The number of benzene rings is 1. The van der Waals surface area contributed by atoms with Crippen LogP contribution in [0.4, 0.5) is 0 Å². The number of ether oxygens (including phenoxy) is 2. The zero-order valence-corrected chi connectivity index (χ0v) is 11.6. The van der Waals surface area contributed by atoms with Crippen molar-refractivity contribution in [2.75, 3.05) is 6.61 Å². The molecule has 1 aliphatic heterocycles. The largest absolute Gasteiger partial charge is 0.466 e. The van der Waals surface area contributed by atoms with Crippen LogP contribution in [0.5, 0.6) is 0 Å². The van der Waals surface area contributed by atoms with Crippen LogP contribution in [0.3, 0.4) is 0 Å². The van der Waals surface area contributed by atoms with E-state index < -0.39 is 17.5 Å². The highest BCUT2D eigenvalue weighted by atomic mass is 16.7. The summed E-state index contributed by atoms with van der Waals surface area (Å²) < 4.78 is 16.9. The average molecular weight is 274 g/mol. The molecule has 2 heterocycles. The molecule has 4 heteroatoms. The lowest BCUT2D eigenvalue weighted by atomic mass is 9.86. The molecule has 3 rings (SSSR count). The van der Waals surface area contributed by atoms with Crippen LogP contribution in [-0.4, -0.2) is 23.6 Å². The van der Waals surface area contributed by atoms with Gasteiger partial charge in [0.1, 0.15) is 11.9 Å². The second kappa shape index (κ2) is 4.74. The molecule has 0 amide bonds. The molecule has 1 aromatic heterocycles. The van der Waals surface area contributed by atoms with Gasteiger partial charge in [-0.15, -0.1) is 0 Å². The summed E-state index contributed by atoms with van der Waals surface area (Å²) >= 11 is 0. The summed E-state index contributed by atoms with van der Waals surface area (Å²) in [7, 11) is 0. The molecular formula is C16H18O4. The van der Waals surface area contributed by atoms with Crippen molar-refractivity contribution in [1.29, 1.82) is 0 Å². The highest BCUT2D eigenvalue weighted by Crippen LogP contribution is 2.40. The molecule has 1 saturated heterocycles. The normalized spacial score (nSPS) is 24.4. The van der Waals surface area contributed by atoms with E-state index in [1.807, 2.05) is 44.2 Å². The van der Waals surface area contributed by atoms with Crippen LogP contribution in [0.15, 0.2) is 53.1 Å². The molecule has 1 aromatic carbocycles. The summed E-state index contributed by atoms with van der Waals surface area (Å²) in [5.41, 5.74) is -0.639. The van der Waals surface area contributed by atoms with Gasteiger partial charge in [0.15, 0.2) is 11.4 Å². The van der Waals surface area contributed by atoms with Crippen molar-refractivity contribution in [2.24, 2.45) is 0 Å². The Bertz CT molecular complexity index is 561. The van der Waals surface area contributed by atoms with Crippen molar-refractivity contribution < 1.29 is 19.0 Å². The van der Waals surface area contributed by atoms with Gasteiger partial charge >= 0.3 is 0 Å². The van der Waals surface area contributed by atoms with Gasteiger partial charge in [-0.2, -0.15) is 0 Å². The first-order valence-corrected chi connectivity index (χ1v) is 6.66. The quantitative estimate of drug-likeness (QED) is 0.935. The van der Waals surface area contributed by atoms with E-state index in [2.05, 4.69) is 0 Å². The zero-order valence-electron chi connectivity index (χ0n) is 11.6. The summed E-state index contributed by atoms with van der Waals surface area (Å²) in [6.07, 6.45) is 1.02. The zero-order chi connectivity index (χ0) is 14.2. The minimum absolute atomic E-state index is 0.305. The Morgan fingerprint density at radius 3 is 2.45 bits per heavy atom. The molecule has 2 atom stereocenters. The van der Waals surface area contributed by atoms with E-state index in [1.165, 1.54) is 0 Å². The van der Waals surface area contributed by atoms with Crippen LogP contribution >= 0.6 is 0 Å². The van der Waals surface area contributed by atoms with E-state index in [0.29, 0.717) is 12.4 Å². The molecule has 20 heavy (non-hydrogen) atoms. The number of hydrogen-bond donors (Lipinski definition) is 1. The second-order valence-corrected chi connectivity index (χ2v) is 5.43. The maximum atomic E-state index is 11.3. The maximum absolute atomic E-state index is 11.3. The third-order valence-corrected chi connectivity index (χ3v) is 3.59. The van der Waals surface area contributed by atoms with Gasteiger partial charge in [-0.25, -0.2) is 0 Å². The van der Waals surface area contributed by atoms with E-state index >= 15 is 0 Å². The minimum Gasteiger partial charge on any atom is -0.466 e. The van der Waals surface area contributed by atoms with E-state index in [9.17, 15) is 5.11 Å². The smallest absolute Gasteiger partial charge is 0.176 e. The fourth-order valence-corrected chi connectivity index (χ4v) is 2.57. The summed E-state index contributed by atoms with van der Waals surface area (Å²) in [6, 6.07) is 12.9. The van der Waals surface area contributed by atoms with Crippen LogP contribution in [0.25, 0.3) is 0 Å². The molecule has 0 bridgehead atoms. The van der Waals surface area contributed by atoms with Gasteiger partial charge in [0.25, 0.3) is 0 Å². The van der Waals surface area contributed by atoms with Gasteiger partial charge in [-0.05, 0) is 31.5 Å². The molecule has 4 nitrogen and oxygen atoms in total. The first kappa shape index (κ1) is 13.4. The first-order valence-electron chi connectivity index (χ1n) is 6.66. The van der Waals surface area contributed by atoms with Crippen LogP contribution < -0.4 is 0 Å². The Balaban J connectivity index is 2.06. The molecule has 1 N–H and O–H groups in total. The Kier molecular flexibility index (Phi) is 3.17. The predicted molar refractivity (Wildman–Crippen MR) is 73.1 cm³/mol. The fourth-order valence-electron chi connectivity index (χ4n) is 2.57. The molecule has 0 spiro atoms. The van der Waals surface area contributed by atoms with Crippen LogP contribution in [0, 0.1) is 0 Å². The molecule has 1 aliphatic rings. The summed E-state index contributed by atoms with van der Waals surface area (Å²) in [4.78, 5) is 0. The van der Waals surface area contributed by atoms with E-state index in [4.69, 9.17) is 13.9 Å². The molecule has 1 fully saturated rings. The molecule has 0 aliphatic carbocycles. The Morgan fingerprint density at radius 1 is 1.15 bits per heavy atom. The highest BCUT2D eigenvalue weighted by Gasteiger charge is 2.50. The van der Waals surface area contributed by atoms with Gasteiger partial charge in [-0.1, -0.05) is 30.3 Å². The molecule has 0 saturated carbocycles. The van der Waals surface area contributed by atoms with Gasteiger partial charge in [-0.3, -0.25) is 0 Å². The lowest BCUT2D eigenvalue weighted by molar-refractivity contribution is -0.167. The average Bonchev–Trinajstić information content (AvgIpc) is 3.08. The third kappa shape index (κ3) is 2.16. The van der Waals surface area contributed by atoms with E-state index in [-0.39, 0.29) is 0 Å². The predicted octanol–water partition coefficient (Wildman–Crippen LogP) is 2.67. The van der Waals surface area contributed by atoms with Crippen LogP contribution in [0.2, 0.25) is 0 Å². The van der Waals surface area contributed by atoms with Crippen LogP contribution in [-0.2, 0) is 15.1 Å². The van der Waals surface area contributed by atoms with Crippen molar-refractivity contribution in [3.63, 3.8) is 0 Å². The number of rotatable bonds is 3. The van der Waals surface area contributed by atoms with Gasteiger partial charge < -0.3 is 19.0 Å². The number of hydrogen-bond acceptors (Lipinski definition) is 4. The Morgan fingerprint density at radius 2 is 1.90 bits per heavy atom. The Labute approximate surface area is 117 Å². The van der Waals surface area contributed by atoms with Gasteiger partial charge in [0, 0.05) is 0 Å². The summed E-state index contributed by atoms with van der Waals surface area (Å²) in [5, 5.41) is 11.3. The monoisotopic (exact) mass is 274 g/mol. The molecule has 2 aromatic rings. The topological polar surface area (TPSA) is 51.8 Å². The SMILES string of the molecule is CC1(C)OC[C@H]([C@@](O)(c2ccccc2)c2ccco2)O1. The van der Waals surface area contributed by atoms with Gasteiger partial charge in [0.2, 0.25) is 0 Å². The second-order valence-electron chi connectivity index (χ2n) is 5.43. The number of aliphatic hydroxyl groups is 1. The molecule has 106 valence electrons. The lowest BCUT2D eigenvalue weighted by Crippen LogP contribution is -2.42. The first-order chi connectivity index (χ1) is 9.52. The van der Waals surface area contributed by atoms with Crippen molar-refractivity contribution >= 4 is 0 Å². The van der Waals surface area contributed by atoms with E-state index in [0.717, 1.165) is 5.56 Å². The highest BCUT2D eigenvalue weighted by molar-refractivity contribution is 5.33. The van der Waals surface area contributed by atoms with Crippen molar-refractivity contribution in [3.05, 3.63) is 60.1 Å². The molecular weight excluding hydrogens is 256 g/mol. The summed E-state index contributed by atoms with van der Waals surface area (Å²) in [6.45, 7) is 3.97. The van der Waals surface area contributed by atoms with Crippen molar-refractivity contribution in [2.45, 2.75) is 31.3 Å². The lowest BCUT2D eigenvalue weighted by Gasteiger charge is -2.32. The molecule has 0 unspecified atom stereocenters. The maximum Gasteiger partial charge on any atom is 0.176 e. The fraction of sp³-hybridized carbons (Fsp3) is 0.375.